The van der Waals surface area contributed by atoms with E-state index >= 15 is 0 Å². The maximum absolute atomic E-state index is 12.4. The first-order valence-corrected chi connectivity index (χ1v) is 8.39. The lowest BCUT2D eigenvalue weighted by molar-refractivity contribution is 0.0672. The molecule has 1 amide bonds. The van der Waals surface area contributed by atoms with Crippen LogP contribution in [0.15, 0.2) is 16.7 Å². The standard InChI is InChI=1S/C17H29N3O2.2ClH/c1-3-4-7-19(2)12-14-5-8-20(9-6-14)17(21)15-10-16(11-18)22-13-15;;/h10,13-14H,3-9,11-12,18H2,1-2H3;2*1H. The van der Waals surface area contributed by atoms with Crippen molar-refractivity contribution in [1.82, 2.24) is 9.80 Å². The molecule has 1 saturated heterocycles. The molecule has 2 rings (SSSR count). The predicted molar refractivity (Wildman–Crippen MR) is 102 cm³/mol. The first kappa shape index (κ1) is 23.2. The number of unbranched alkanes of at least 4 members (excludes halogenated alkanes) is 1. The summed E-state index contributed by atoms with van der Waals surface area (Å²) in [6.07, 6.45) is 6.20. The molecule has 2 heterocycles. The first-order valence-electron chi connectivity index (χ1n) is 8.39. The van der Waals surface area contributed by atoms with Crippen LogP contribution >= 0.6 is 24.8 Å². The van der Waals surface area contributed by atoms with Gasteiger partial charge in [-0.05, 0) is 44.8 Å². The second-order valence-corrected chi connectivity index (χ2v) is 6.36. The smallest absolute Gasteiger partial charge is 0.257 e. The van der Waals surface area contributed by atoms with Crippen molar-refractivity contribution in [3.63, 3.8) is 0 Å². The molecule has 0 spiro atoms. The van der Waals surface area contributed by atoms with E-state index in [1.807, 2.05) is 4.90 Å². The Morgan fingerprint density at radius 3 is 2.58 bits per heavy atom. The number of hydrogen-bond acceptors (Lipinski definition) is 4. The van der Waals surface area contributed by atoms with Gasteiger partial charge in [-0.3, -0.25) is 4.79 Å². The third kappa shape index (κ3) is 6.63. The van der Waals surface area contributed by atoms with E-state index in [-0.39, 0.29) is 30.7 Å². The average Bonchev–Trinajstić information content (AvgIpc) is 3.02. The summed E-state index contributed by atoms with van der Waals surface area (Å²) in [5.74, 6) is 1.44. The summed E-state index contributed by atoms with van der Waals surface area (Å²) < 4.78 is 5.26. The van der Waals surface area contributed by atoms with E-state index in [9.17, 15) is 4.79 Å². The number of carbonyl (C=O) groups excluding carboxylic acids is 1. The molecular formula is C17H31Cl2N3O2. The molecule has 0 aliphatic carbocycles. The summed E-state index contributed by atoms with van der Waals surface area (Å²) in [6.45, 7) is 6.56. The van der Waals surface area contributed by atoms with Crippen LogP contribution in [0.5, 0.6) is 0 Å². The summed E-state index contributed by atoms with van der Waals surface area (Å²) >= 11 is 0. The minimum Gasteiger partial charge on any atom is -0.467 e. The quantitative estimate of drug-likeness (QED) is 0.789. The van der Waals surface area contributed by atoms with Gasteiger partial charge in [0.05, 0.1) is 12.1 Å². The Kier molecular flexibility index (Phi) is 11.4. The van der Waals surface area contributed by atoms with Crippen LogP contribution in [0.25, 0.3) is 0 Å². The third-order valence-electron chi connectivity index (χ3n) is 4.47. The molecule has 24 heavy (non-hydrogen) atoms. The first-order chi connectivity index (χ1) is 10.6. The lowest BCUT2D eigenvalue weighted by Gasteiger charge is -2.33. The van der Waals surface area contributed by atoms with Crippen molar-refractivity contribution in [2.24, 2.45) is 11.7 Å². The fourth-order valence-corrected chi connectivity index (χ4v) is 3.06. The number of carbonyl (C=O) groups is 1. The summed E-state index contributed by atoms with van der Waals surface area (Å²) in [7, 11) is 2.20. The molecule has 1 aliphatic heterocycles. The van der Waals surface area contributed by atoms with Crippen molar-refractivity contribution >= 4 is 30.7 Å². The molecule has 2 N–H and O–H groups in total. The number of rotatable bonds is 7. The molecule has 1 fully saturated rings. The Morgan fingerprint density at radius 2 is 2.04 bits per heavy atom. The van der Waals surface area contributed by atoms with Gasteiger partial charge in [0.15, 0.2) is 0 Å². The molecule has 5 nitrogen and oxygen atoms in total. The van der Waals surface area contributed by atoms with Crippen LogP contribution in [0.2, 0.25) is 0 Å². The number of hydrogen-bond donors (Lipinski definition) is 1. The molecule has 0 atom stereocenters. The number of nitrogens with two attached hydrogens (primary N) is 1. The van der Waals surface area contributed by atoms with Crippen molar-refractivity contribution < 1.29 is 9.21 Å². The van der Waals surface area contributed by atoms with E-state index in [2.05, 4.69) is 18.9 Å². The number of halogens is 2. The summed E-state index contributed by atoms with van der Waals surface area (Å²) in [5.41, 5.74) is 6.14. The lowest BCUT2D eigenvalue weighted by atomic mass is 9.96. The predicted octanol–water partition coefficient (Wildman–Crippen LogP) is 3.17. The van der Waals surface area contributed by atoms with Gasteiger partial charge in [-0.2, -0.15) is 0 Å². The van der Waals surface area contributed by atoms with Crippen LogP contribution in [-0.4, -0.2) is 48.9 Å². The van der Waals surface area contributed by atoms with E-state index in [1.54, 1.807) is 6.07 Å². The molecule has 0 saturated carbocycles. The van der Waals surface area contributed by atoms with E-state index in [4.69, 9.17) is 10.2 Å². The zero-order valence-corrected chi connectivity index (χ0v) is 16.3. The maximum Gasteiger partial charge on any atom is 0.257 e. The molecule has 0 aromatic carbocycles. The number of furan rings is 1. The Balaban J connectivity index is 0.00000264. The second-order valence-electron chi connectivity index (χ2n) is 6.36. The van der Waals surface area contributed by atoms with Crippen LogP contribution in [-0.2, 0) is 6.54 Å². The van der Waals surface area contributed by atoms with Gasteiger partial charge in [0.2, 0.25) is 0 Å². The zero-order chi connectivity index (χ0) is 15.9. The summed E-state index contributed by atoms with van der Waals surface area (Å²) in [5, 5.41) is 0. The lowest BCUT2D eigenvalue weighted by Crippen LogP contribution is -2.41. The monoisotopic (exact) mass is 379 g/mol. The molecule has 0 radical (unpaired) electrons. The Hall–Kier alpha value is -0.750. The van der Waals surface area contributed by atoms with Crippen molar-refractivity contribution in [3.8, 4) is 0 Å². The van der Waals surface area contributed by atoms with Gasteiger partial charge < -0.3 is 20.0 Å². The minimum absolute atomic E-state index is 0. The highest BCUT2D eigenvalue weighted by molar-refractivity contribution is 5.94. The topological polar surface area (TPSA) is 62.7 Å². The molecule has 1 aromatic rings. The number of nitrogens with zero attached hydrogens (tertiary/aromatic N) is 2. The van der Waals surface area contributed by atoms with Crippen LogP contribution < -0.4 is 5.73 Å². The molecule has 7 heteroatoms. The molecule has 140 valence electrons. The van der Waals surface area contributed by atoms with Crippen molar-refractivity contribution in [1.29, 1.82) is 0 Å². The van der Waals surface area contributed by atoms with Gasteiger partial charge in [0.25, 0.3) is 5.91 Å². The fraction of sp³-hybridized carbons (Fsp3) is 0.706. The van der Waals surface area contributed by atoms with E-state index in [1.165, 1.54) is 25.6 Å². The number of amides is 1. The van der Waals surface area contributed by atoms with Gasteiger partial charge in [-0.1, -0.05) is 13.3 Å². The van der Waals surface area contributed by atoms with E-state index in [0.717, 1.165) is 32.5 Å². The van der Waals surface area contributed by atoms with Crippen molar-refractivity contribution in [2.45, 2.75) is 39.2 Å². The van der Waals surface area contributed by atoms with Gasteiger partial charge in [0, 0.05) is 19.6 Å². The summed E-state index contributed by atoms with van der Waals surface area (Å²) in [4.78, 5) is 16.8. The van der Waals surface area contributed by atoms with Gasteiger partial charge in [-0.15, -0.1) is 24.8 Å². The van der Waals surface area contributed by atoms with Gasteiger partial charge in [-0.25, -0.2) is 0 Å². The molecular weight excluding hydrogens is 349 g/mol. The number of likely N-dealkylation sites (tertiary alicyclic amines) is 1. The van der Waals surface area contributed by atoms with Crippen LogP contribution in [0.4, 0.5) is 0 Å². The maximum atomic E-state index is 12.4. The normalized spacial score (nSPS) is 15.1. The van der Waals surface area contributed by atoms with Crippen LogP contribution in [0, 0.1) is 5.92 Å². The zero-order valence-electron chi connectivity index (χ0n) is 14.7. The highest BCUT2D eigenvalue weighted by Gasteiger charge is 2.25. The molecule has 1 aromatic heterocycles. The third-order valence-corrected chi connectivity index (χ3v) is 4.47. The van der Waals surface area contributed by atoms with E-state index in [0.29, 0.717) is 23.8 Å². The minimum atomic E-state index is 0. The Morgan fingerprint density at radius 1 is 1.38 bits per heavy atom. The fourth-order valence-electron chi connectivity index (χ4n) is 3.06. The second kappa shape index (κ2) is 11.7. The molecule has 0 unspecified atom stereocenters. The van der Waals surface area contributed by atoms with Crippen LogP contribution in [0.3, 0.4) is 0 Å². The summed E-state index contributed by atoms with van der Waals surface area (Å²) in [6, 6.07) is 1.76. The van der Waals surface area contributed by atoms with Gasteiger partial charge >= 0.3 is 0 Å². The van der Waals surface area contributed by atoms with Crippen molar-refractivity contribution in [2.75, 3.05) is 33.2 Å². The van der Waals surface area contributed by atoms with Crippen molar-refractivity contribution in [3.05, 3.63) is 23.7 Å². The highest BCUT2D eigenvalue weighted by Crippen LogP contribution is 2.20. The Labute approximate surface area is 157 Å². The largest absolute Gasteiger partial charge is 0.467 e. The number of piperidine rings is 1. The average molecular weight is 380 g/mol. The SMILES string of the molecule is CCCCN(C)CC1CCN(C(=O)c2coc(CN)c2)CC1.Cl.Cl. The molecule has 1 aliphatic rings. The van der Waals surface area contributed by atoms with Crippen LogP contribution in [0.1, 0.15) is 48.7 Å². The van der Waals surface area contributed by atoms with E-state index < -0.39 is 0 Å². The highest BCUT2D eigenvalue weighted by atomic mass is 35.5. The molecule has 0 bridgehead atoms. The Bertz CT molecular complexity index is 474. The van der Waals surface area contributed by atoms with Gasteiger partial charge in [0.1, 0.15) is 12.0 Å².